The van der Waals surface area contributed by atoms with E-state index in [-0.39, 0.29) is 23.2 Å². The Kier molecular flexibility index (Phi) is 4.57. The summed E-state index contributed by atoms with van der Waals surface area (Å²) in [4.78, 5) is 18.4. The fraction of sp³-hybridized carbons (Fsp3) is 0.706. The van der Waals surface area contributed by atoms with E-state index >= 15 is 0 Å². The molecule has 3 aliphatic rings. The molecule has 1 aromatic rings. The van der Waals surface area contributed by atoms with Crippen LogP contribution in [0, 0.1) is 11.5 Å². The van der Waals surface area contributed by atoms with Crippen LogP contribution in [0.2, 0.25) is 0 Å². The first-order valence-corrected chi connectivity index (χ1v) is 9.40. The minimum atomic E-state index is -0.274. The van der Waals surface area contributed by atoms with Crippen LogP contribution in [0.25, 0.3) is 0 Å². The van der Waals surface area contributed by atoms with Gasteiger partial charge in [-0.1, -0.05) is 11.6 Å². The topological polar surface area (TPSA) is 76.6 Å². The van der Waals surface area contributed by atoms with E-state index < -0.39 is 0 Å². The molecule has 1 amide bonds. The largest absolute Gasteiger partial charge is 0.359 e. The van der Waals surface area contributed by atoms with Crippen LogP contribution in [0.15, 0.2) is 10.6 Å². The van der Waals surface area contributed by atoms with E-state index in [9.17, 15) is 4.79 Å². The van der Waals surface area contributed by atoms with Gasteiger partial charge in [-0.2, -0.15) is 5.26 Å². The molecular formula is C17H22ClN5O2. The average molecular weight is 364 g/mol. The van der Waals surface area contributed by atoms with E-state index in [1.54, 1.807) is 9.80 Å². The molecule has 1 aromatic heterocycles. The smallest absolute Gasteiger partial charge is 0.247 e. The highest BCUT2D eigenvalue weighted by atomic mass is 35.5. The first-order chi connectivity index (χ1) is 12.2. The number of nitriles is 1. The van der Waals surface area contributed by atoms with E-state index in [0.29, 0.717) is 25.5 Å². The number of amides is 1. The Morgan fingerprint density at radius 1 is 1.28 bits per heavy atom. The van der Waals surface area contributed by atoms with Gasteiger partial charge in [0, 0.05) is 43.5 Å². The normalized spacial score (nSPS) is 30.9. The van der Waals surface area contributed by atoms with Crippen LogP contribution in [0.5, 0.6) is 0 Å². The summed E-state index contributed by atoms with van der Waals surface area (Å²) in [6.45, 7) is 3.30. The summed E-state index contributed by atoms with van der Waals surface area (Å²) in [6, 6.07) is 1.63. The number of rotatable bonds is 2. The maximum atomic E-state index is 12.9. The summed E-state index contributed by atoms with van der Waals surface area (Å²) in [5.74, 6) is 1.71. The van der Waals surface area contributed by atoms with Gasteiger partial charge in [0.1, 0.15) is 11.8 Å². The SMILES string of the molecule is N#CN1CCN2CCN(c3cc(C4CCCC(Cl)C4)on3)C(=O)[C@@H]2C1. The molecule has 3 heterocycles. The average Bonchev–Trinajstić information content (AvgIpc) is 3.12. The van der Waals surface area contributed by atoms with Crippen molar-refractivity contribution in [2.45, 2.75) is 43.0 Å². The van der Waals surface area contributed by atoms with Crippen molar-refractivity contribution in [3.63, 3.8) is 0 Å². The lowest BCUT2D eigenvalue weighted by Gasteiger charge is -2.44. The molecule has 2 aliphatic heterocycles. The zero-order valence-corrected chi connectivity index (χ0v) is 14.9. The Balaban J connectivity index is 1.49. The van der Waals surface area contributed by atoms with Gasteiger partial charge >= 0.3 is 0 Å². The molecule has 2 unspecified atom stereocenters. The predicted molar refractivity (Wildman–Crippen MR) is 92.3 cm³/mol. The van der Waals surface area contributed by atoms with Crippen molar-refractivity contribution in [1.29, 1.82) is 5.26 Å². The number of hydrogen-bond acceptors (Lipinski definition) is 6. The van der Waals surface area contributed by atoms with Crippen LogP contribution in [-0.2, 0) is 4.79 Å². The zero-order chi connectivity index (χ0) is 17.4. The summed E-state index contributed by atoms with van der Waals surface area (Å²) in [5.41, 5.74) is 0. The number of halogens is 1. The standard InChI is InChI=1S/C17H22ClN5O2/c18-13-3-1-2-12(8-13)15-9-16(20-25-15)23-7-6-22-5-4-21(11-19)10-14(22)17(23)24/h9,12-14H,1-8,10H2/t12?,13?,14-/m0/s1. The Hall–Kier alpha value is -1.78. The van der Waals surface area contributed by atoms with Gasteiger partial charge in [0.25, 0.3) is 0 Å². The molecule has 25 heavy (non-hydrogen) atoms. The van der Waals surface area contributed by atoms with Crippen LogP contribution in [0.4, 0.5) is 5.82 Å². The number of anilines is 1. The van der Waals surface area contributed by atoms with Gasteiger partial charge in [0.05, 0.1) is 6.54 Å². The number of fused-ring (bicyclic) bond motifs is 1. The van der Waals surface area contributed by atoms with Gasteiger partial charge in [-0.3, -0.25) is 14.6 Å². The van der Waals surface area contributed by atoms with Crippen molar-refractivity contribution in [3.05, 3.63) is 11.8 Å². The van der Waals surface area contributed by atoms with E-state index in [1.165, 1.54) is 0 Å². The van der Waals surface area contributed by atoms with Crippen LogP contribution in [-0.4, -0.2) is 65.0 Å². The monoisotopic (exact) mass is 363 g/mol. The summed E-state index contributed by atoms with van der Waals surface area (Å²) in [7, 11) is 0. The molecule has 3 fully saturated rings. The Bertz CT molecular complexity index is 687. The maximum absolute atomic E-state index is 12.9. The van der Waals surface area contributed by atoms with E-state index in [0.717, 1.165) is 44.5 Å². The van der Waals surface area contributed by atoms with Gasteiger partial charge in [0.2, 0.25) is 5.91 Å². The Morgan fingerprint density at radius 2 is 2.12 bits per heavy atom. The highest BCUT2D eigenvalue weighted by Crippen LogP contribution is 2.36. The molecule has 1 aliphatic carbocycles. The summed E-state index contributed by atoms with van der Waals surface area (Å²) in [6.07, 6.45) is 6.26. The van der Waals surface area contributed by atoms with Crippen LogP contribution < -0.4 is 4.90 Å². The Morgan fingerprint density at radius 3 is 2.92 bits per heavy atom. The first kappa shape index (κ1) is 16.7. The van der Waals surface area contributed by atoms with Crippen molar-refractivity contribution in [1.82, 2.24) is 15.0 Å². The van der Waals surface area contributed by atoms with E-state index in [4.69, 9.17) is 21.4 Å². The summed E-state index contributed by atoms with van der Waals surface area (Å²) >= 11 is 6.28. The number of piperazine rings is 2. The molecule has 2 saturated heterocycles. The van der Waals surface area contributed by atoms with Crippen molar-refractivity contribution in [3.8, 4) is 6.19 Å². The third-order valence-electron chi connectivity index (χ3n) is 5.60. The number of carbonyl (C=O) groups excluding carboxylic acids is 1. The molecule has 3 atom stereocenters. The van der Waals surface area contributed by atoms with Gasteiger partial charge in [-0.15, -0.1) is 11.6 Å². The van der Waals surface area contributed by atoms with E-state index in [2.05, 4.69) is 16.2 Å². The summed E-state index contributed by atoms with van der Waals surface area (Å²) < 4.78 is 5.55. The number of alkyl halides is 1. The fourth-order valence-electron chi connectivity index (χ4n) is 4.15. The van der Waals surface area contributed by atoms with Crippen LogP contribution in [0.3, 0.4) is 0 Å². The van der Waals surface area contributed by atoms with Crippen LogP contribution >= 0.6 is 11.6 Å². The molecule has 1 saturated carbocycles. The highest BCUT2D eigenvalue weighted by Gasteiger charge is 2.40. The second-order valence-electron chi connectivity index (χ2n) is 7.14. The van der Waals surface area contributed by atoms with E-state index in [1.807, 2.05) is 6.07 Å². The molecule has 8 heteroatoms. The number of carbonyl (C=O) groups is 1. The maximum Gasteiger partial charge on any atom is 0.247 e. The molecular weight excluding hydrogens is 342 g/mol. The number of nitrogens with zero attached hydrogens (tertiary/aromatic N) is 5. The van der Waals surface area contributed by atoms with Crippen molar-refractivity contribution in [2.75, 3.05) is 37.6 Å². The lowest BCUT2D eigenvalue weighted by atomic mass is 9.87. The molecule has 4 rings (SSSR count). The minimum absolute atomic E-state index is 0.00455. The van der Waals surface area contributed by atoms with Crippen molar-refractivity contribution >= 4 is 23.3 Å². The quantitative estimate of drug-likeness (QED) is 0.588. The summed E-state index contributed by atoms with van der Waals surface area (Å²) in [5, 5.41) is 13.5. The number of aromatic nitrogens is 1. The van der Waals surface area contributed by atoms with Gasteiger partial charge in [0.15, 0.2) is 12.0 Å². The molecule has 0 N–H and O–H groups in total. The van der Waals surface area contributed by atoms with Gasteiger partial charge in [-0.25, -0.2) is 0 Å². The first-order valence-electron chi connectivity index (χ1n) is 8.96. The zero-order valence-electron chi connectivity index (χ0n) is 14.1. The third kappa shape index (κ3) is 3.21. The van der Waals surface area contributed by atoms with Crippen molar-refractivity contribution in [2.24, 2.45) is 0 Å². The van der Waals surface area contributed by atoms with Gasteiger partial charge < -0.3 is 9.42 Å². The van der Waals surface area contributed by atoms with Gasteiger partial charge in [-0.05, 0) is 19.3 Å². The second kappa shape index (κ2) is 6.85. The molecule has 7 nitrogen and oxygen atoms in total. The molecule has 0 aromatic carbocycles. The number of hydrogen-bond donors (Lipinski definition) is 0. The lowest BCUT2D eigenvalue weighted by Crippen LogP contribution is -2.64. The minimum Gasteiger partial charge on any atom is -0.359 e. The fourth-order valence-corrected chi connectivity index (χ4v) is 4.52. The highest BCUT2D eigenvalue weighted by molar-refractivity contribution is 6.20. The molecule has 0 spiro atoms. The molecule has 0 radical (unpaired) electrons. The molecule has 0 bridgehead atoms. The second-order valence-corrected chi connectivity index (χ2v) is 7.75. The Labute approximate surface area is 152 Å². The third-order valence-corrected chi connectivity index (χ3v) is 6.00. The van der Waals surface area contributed by atoms with Crippen molar-refractivity contribution < 1.29 is 9.32 Å². The molecule has 134 valence electrons. The van der Waals surface area contributed by atoms with Crippen LogP contribution in [0.1, 0.15) is 37.4 Å². The predicted octanol–water partition coefficient (Wildman–Crippen LogP) is 1.75. The lowest BCUT2D eigenvalue weighted by molar-refractivity contribution is -0.127.